The minimum Gasteiger partial charge on any atom is -0.367 e. The van der Waals surface area contributed by atoms with E-state index in [1.54, 1.807) is 10.9 Å². The molecule has 2 aromatic rings. The lowest BCUT2D eigenvalue weighted by molar-refractivity contribution is -0.0931. The van der Waals surface area contributed by atoms with Gasteiger partial charge in [0.1, 0.15) is 5.60 Å². The van der Waals surface area contributed by atoms with Gasteiger partial charge in [-0.05, 0) is 24.6 Å². The lowest BCUT2D eigenvalue weighted by atomic mass is 9.96. The van der Waals surface area contributed by atoms with Crippen LogP contribution in [-0.4, -0.2) is 40.3 Å². The Morgan fingerprint density at radius 2 is 2.13 bits per heavy atom. The molecule has 6 nitrogen and oxygen atoms in total. The van der Waals surface area contributed by atoms with E-state index in [9.17, 15) is 4.79 Å². The summed E-state index contributed by atoms with van der Waals surface area (Å²) in [5, 5.41) is 4.21. The van der Waals surface area contributed by atoms with E-state index in [-0.39, 0.29) is 5.91 Å². The standard InChI is InChI=1S/C17H22N4O2/c1-17(15-10-19-20(2)11-15)12-21(7-8-23-17)16(22)14-5-3-13(9-18)4-6-14/h3-6,10-11H,7-9,12,18H2,1-2H3/t17-/m1/s1. The van der Waals surface area contributed by atoms with Crippen molar-refractivity contribution < 1.29 is 9.53 Å². The van der Waals surface area contributed by atoms with E-state index >= 15 is 0 Å². The third kappa shape index (κ3) is 3.13. The molecule has 1 aromatic heterocycles. The number of carbonyl (C=O) groups excluding carboxylic acids is 1. The van der Waals surface area contributed by atoms with Crippen molar-refractivity contribution in [2.45, 2.75) is 19.1 Å². The zero-order valence-electron chi connectivity index (χ0n) is 13.5. The number of carbonyl (C=O) groups is 1. The molecule has 2 N–H and O–H groups in total. The number of hydrogen-bond donors (Lipinski definition) is 1. The molecule has 23 heavy (non-hydrogen) atoms. The second-order valence-corrected chi connectivity index (χ2v) is 6.11. The topological polar surface area (TPSA) is 73.4 Å². The highest BCUT2D eigenvalue weighted by atomic mass is 16.5. The quantitative estimate of drug-likeness (QED) is 0.926. The van der Waals surface area contributed by atoms with Crippen LogP contribution in [0.2, 0.25) is 0 Å². The summed E-state index contributed by atoms with van der Waals surface area (Å²) >= 11 is 0. The number of hydrogen-bond acceptors (Lipinski definition) is 4. The van der Waals surface area contributed by atoms with Crippen molar-refractivity contribution in [2.24, 2.45) is 12.8 Å². The predicted octanol–water partition coefficient (Wildman–Crippen LogP) is 1.27. The van der Waals surface area contributed by atoms with E-state index in [2.05, 4.69) is 5.10 Å². The highest BCUT2D eigenvalue weighted by Crippen LogP contribution is 2.29. The molecule has 6 heteroatoms. The van der Waals surface area contributed by atoms with Crippen LogP contribution in [0.15, 0.2) is 36.7 Å². The SMILES string of the molecule is Cn1cc([C@@]2(C)CN(C(=O)c3ccc(CN)cc3)CCO2)cn1. The maximum absolute atomic E-state index is 12.7. The van der Waals surface area contributed by atoms with Crippen molar-refractivity contribution in [1.82, 2.24) is 14.7 Å². The van der Waals surface area contributed by atoms with Gasteiger partial charge in [-0.2, -0.15) is 5.10 Å². The minimum atomic E-state index is -0.528. The number of benzene rings is 1. The van der Waals surface area contributed by atoms with Gasteiger partial charge in [0.2, 0.25) is 0 Å². The molecule has 1 fully saturated rings. The van der Waals surface area contributed by atoms with Gasteiger partial charge in [0.25, 0.3) is 5.91 Å². The second kappa shape index (κ2) is 6.14. The fourth-order valence-corrected chi connectivity index (χ4v) is 2.88. The summed E-state index contributed by atoms with van der Waals surface area (Å²) in [6.45, 7) is 4.09. The molecule has 1 saturated heterocycles. The Bertz CT molecular complexity index is 695. The van der Waals surface area contributed by atoms with E-state index < -0.39 is 5.60 Å². The monoisotopic (exact) mass is 314 g/mol. The summed E-state index contributed by atoms with van der Waals surface area (Å²) in [6, 6.07) is 7.46. The van der Waals surface area contributed by atoms with Crippen LogP contribution < -0.4 is 5.73 Å². The molecule has 1 aliphatic heterocycles. The Hall–Kier alpha value is -2.18. The van der Waals surface area contributed by atoms with Crippen LogP contribution in [0.3, 0.4) is 0 Å². The summed E-state index contributed by atoms with van der Waals surface area (Å²) in [4.78, 5) is 14.6. The van der Waals surface area contributed by atoms with E-state index in [1.165, 1.54) is 0 Å². The Balaban J connectivity index is 1.78. The Labute approximate surface area is 135 Å². The third-order valence-corrected chi connectivity index (χ3v) is 4.31. The van der Waals surface area contributed by atoms with Crippen molar-refractivity contribution in [1.29, 1.82) is 0 Å². The molecule has 0 spiro atoms. The maximum Gasteiger partial charge on any atom is 0.254 e. The fraction of sp³-hybridized carbons (Fsp3) is 0.412. The van der Waals surface area contributed by atoms with Gasteiger partial charge in [0.15, 0.2) is 0 Å². The molecule has 1 atom stereocenters. The van der Waals surface area contributed by atoms with Gasteiger partial charge in [0, 0.05) is 37.5 Å². The van der Waals surface area contributed by atoms with Crippen LogP contribution in [0.4, 0.5) is 0 Å². The van der Waals surface area contributed by atoms with Crippen molar-refractivity contribution in [3.8, 4) is 0 Å². The van der Waals surface area contributed by atoms with Crippen molar-refractivity contribution in [2.75, 3.05) is 19.7 Å². The molecule has 1 amide bonds. The molecule has 0 bridgehead atoms. The molecule has 2 heterocycles. The zero-order valence-corrected chi connectivity index (χ0v) is 13.5. The van der Waals surface area contributed by atoms with Crippen LogP contribution in [0, 0.1) is 0 Å². The Morgan fingerprint density at radius 3 is 2.74 bits per heavy atom. The number of ether oxygens (including phenoxy) is 1. The van der Waals surface area contributed by atoms with Gasteiger partial charge < -0.3 is 15.4 Å². The lowest BCUT2D eigenvalue weighted by Gasteiger charge is -2.40. The van der Waals surface area contributed by atoms with E-state index in [4.69, 9.17) is 10.5 Å². The molecule has 0 radical (unpaired) electrons. The number of rotatable bonds is 3. The van der Waals surface area contributed by atoms with Crippen molar-refractivity contribution in [3.05, 3.63) is 53.3 Å². The first-order valence-electron chi connectivity index (χ1n) is 7.73. The number of nitrogens with two attached hydrogens (primary N) is 1. The Kier molecular flexibility index (Phi) is 4.19. The Morgan fingerprint density at radius 1 is 1.39 bits per heavy atom. The third-order valence-electron chi connectivity index (χ3n) is 4.31. The number of morpholine rings is 1. The van der Waals surface area contributed by atoms with Crippen LogP contribution in [0.5, 0.6) is 0 Å². The van der Waals surface area contributed by atoms with Crippen LogP contribution in [-0.2, 0) is 23.9 Å². The first kappa shape index (κ1) is 15.7. The summed E-state index contributed by atoms with van der Waals surface area (Å²) in [7, 11) is 1.87. The summed E-state index contributed by atoms with van der Waals surface area (Å²) in [5.41, 5.74) is 7.75. The first-order chi connectivity index (χ1) is 11.0. The van der Waals surface area contributed by atoms with Gasteiger partial charge in [-0.15, -0.1) is 0 Å². The number of aromatic nitrogens is 2. The second-order valence-electron chi connectivity index (χ2n) is 6.11. The highest BCUT2D eigenvalue weighted by Gasteiger charge is 2.36. The molecule has 0 unspecified atom stereocenters. The van der Waals surface area contributed by atoms with E-state index in [1.807, 2.05) is 49.3 Å². The molecular weight excluding hydrogens is 292 g/mol. The van der Waals surface area contributed by atoms with Crippen LogP contribution in [0.25, 0.3) is 0 Å². The maximum atomic E-state index is 12.7. The van der Waals surface area contributed by atoms with Gasteiger partial charge in [-0.1, -0.05) is 12.1 Å². The van der Waals surface area contributed by atoms with Gasteiger partial charge >= 0.3 is 0 Å². The van der Waals surface area contributed by atoms with Gasteiger partial charge in [0.05, 0.1) is 19.3 Å². The van der Waals surface area contributed by atoms with Crippen LogP contribution >= 0.6 is 0 Å². The number of amides is 1. The van der Waals surface area contributed by atoms with Gasteiger partial charge in [-0.3, -0.25) is 9.48 Å². The molecule has 3 rings (SSSR count). The molecule has 1 aliphatic rings. The summed E-state index contributed by atoms with van der Waals surface area (Å²) < 4.78 is 7.70. The van der Waals surface area contributed by atoms with E-state index in [0.29, 0.717) is 31.8 Å². The highest BCUT2D eigenvalue weighted by molar-refractivity contribution is 5.94. The zero-order chi connectivity index (χ0) is 16.4. The number of nitrogens with zero attached hydrogens (tertiary/aromatic N) is 3. The average molecular weight is 314 g/mol. The minimum absolute atomic E-state index is 0.0204. The van der Waals surface area contributed by atoms with Crippen molar-refractivity contribution >= 4 is 5.91 Å². The smallest absolute Gasteiger partial charge is 0.254 e. The summed E-state index contributed by atoms with van der Waals surface area (Å²) in [6.07, 6.45) is 3.73. The predicted molar refractivity (Wildman–Crippen MR) is 86.7 cm³/mol. The largest absolute Gasteiger partial charge is 0.367 e. The van der Waals surface area contributed by atoms with E-state index in [0.717, 1.165) is 11.1 Å². The molecule has 0 saturated carbocycles. The van der Waals surface area contributed by atoms with Gasteiger partial charge in [-0.25, -0.2) is 0 Å². The molecule has 1 aromatic carbocycles. The molecule has 122 valence electrons. The summed E-state index contributed by atoms with van der Waals surface area (Å²) in [5.74, 6) is 0.0204. The lowest BCUT2D eigenvalue weighted by Crippen LogP contribution is -2.50. The molecular formula is C17H22N4O2. The molecule has 0 aliphatic carbocycles. The normalized spacial score (nSPS) is 21.4. The number of aryl methyl sites for hydroxylation is 1. The fourth-order valence-electron chi connectivity index (χ4n) is 2.88. The first-order valence-corrected chi connectivity index (χ1v) is 7.73. The average Bonchev–Trinajstić information content (AvgIpc) is 3.02. The van der Waals surface area contributed by atoms with Crippen LogP contribution in [0.1, 0.15) is 28.4 Å². The van der Waals surface area contributed by atoms with Crippen molar-refractivity contribution in [3.63, 3.8) is 0 Å².